The Kier molecular flexibility index (Phi) is 4.84. The summed E-state index contributed by atoms with van der Waals surface area (Å²) in [6.45, 7) is -0.551. The summed E-state index contributed by atoms with van der Waals surface area (Å²) in [6, 6.07) is 0. The fourth-order valence-electron chi connectivity index (χ4n) is 1.07. The highest BCUT2D eigenvalue weighted by Gasteiger charge is 2.25. The van der Waals surface area contributed by atoms with E-state index in [9.17, 15) is 22.0 Å². The molecule has 2 N–H and O–H groups in total. The van der Waals surface area contributed by atoms with E-state index in [0.29, 0.717) is 0 Å². The number of aliphatic hydroxyl groups is 1. The van der Waals surface area contributed by atoms with Crippen LogP contribution in [0.2, 0.25) is 0 Å². The number of hydrogen-bond acceptors (Lipinski definition) is 3. The van der Waals surface area contributed by atoms with Crippen molar-refractivity contribution in [2.75, 3.05) is 18.3 Å². The standard InChI is InChI=1S/C8H8F5NO2Si/c9-3-4(10)6(12)8(7(13)5(3)11)14-1-17-16-2-15/h14-15H,1-2,17H2. The summed E-state index contributed by atoms with van der Waals surface area (Å²) in [5.41, 5.74) is -1.09. The molecule has 0 saturated carbocycles. The molecule has 0 atom stereocenters. The lowest BCUT2D eigenvalue weighted by Gasteiger charge is -2.10. The van der Waals surface area contributed by atoms with Gasteiger partial charge in [0.1, 0.15) is 12.5 Å². The molecule has 0 unspecified atom stereocenters. The molecule has 0 fully saturated rings. The maximum atomic E-state index is 13.1. The molecule has 0 aliphatic carbocycles. The summed E-state index contributed by atoms with van der Waals surface area (Å²) in [4.78, 5) is 0. The van der Waals surface area contributed by atoms with Crippen molar-refractivity contribution in [1.29, 1.82) is 0 Å². The molecule has 3 nitrogen and oxygen atoms in total. The topological polar surface area (TPSA) is 41.5 Å². The molecular formula is C8H8F5NO2Si. The van der Waals surface area contributed by atoms with E-state index in [-0.39, 0.29) is 6.17 Å². The Morgan fingerprint density at radius 1 is 0.941 bits per heavy atom. The third-order valence-electron chi connectivity index (χ3n) is 1.85. The molecule has 1 aromatic carbocycles. The van der Waals surface area contributed by atoms with Gasteiger partial charge in [0, 0.05) is 6.17 Å². The van der Waals surface area contributed by atoms with E-state index in [1.54, 1.807) is 0 Å². The molecule has 1 aromatic rings. The Bertz CT molecular complexity index is 388. The van der Waals surface area contributed by atoms with E-state index in [2.05, 4.69) is 9.74 Å². The van der Waals surface area contributed by atoms with E-state index in [0.717, 1.165) is 0 Å². The number of hydrogen-bond donors (Lipinski definition) is 2. The lowest BCUT2D eigenvalue weighted by Crippen LogP contribution is -2.17. The first-order valence-electron chi connectivity index (χ1n) is 4.44. The van der Waals surface area contributed by atoms with Crippen molar-refractivity contribution in [3.05, 3.63) is 29.1 Å². The summed E-state index contributed by atoms with van der Waals surface area (Å²) < 4.78 is 68.7. The number of anilines is 1. The third kappa shape index (κ3) is 2.93. The van der Waals surface area contributed by atoms with E-state index in [4.69, 9.17) is 5.11 Å². The summed E-state index contributed by atoms with van der Waals surface area (Å²) in [5.74, 6) is -10.0. The highest BCUT2D eigenvalue weighted by molar-refractivity contribution is 6.28. The molecule has 1 rings (SSSR count). The highest BCUT2D eigenvalue weighted by atomic mass is 28.2. The van der Waals surface area contributed by atoms with Gasteiger partial charge in [0.25, 0.3) is 0 Å². The fourth-order valence-corrected chi connectivity index (χ4v) is 1.70. The molecule has 0 spiro atoms. The number of nitrogens with one attached hydrogen (secondary N) is 1. The van der Waals surface area contributed by atoms with Crippen LogP contribution in [0.3, 0.4) is 0 Å². The first kappa shape index (κ1) is 13.9. The van der Waals surface area contributed by atoms with Crippen LogP contribution in [0.25, 0.3) is 0 Å². The highest BCUT2D eigenvalue weighted by Crippen LogP contribution is 2.26. The summed E-state index contributed by atoms with van der Waals surface area (Å²) >= 11 is 0. The predicted molar refractivity (Wildman–Crippen MR) is 51.4 cm³/mol. The van der Waals surface area contributed by atoms with Gasteiger partial charge in [-0.1, -0.05) is 0 Å². The number of aliphatic hydroxyl groups excluding tert-OH is 1. The Hall–Kier alpha value is -1.19. The summed E-state index contributed by atoms with van der Waals surface area (Å²) in [6.07, 6.45) is -0.0844. The molecule has 0 bridgehead atoms. The van der Waals surface area contributed by atoms with Crippen molar-refractivity contribution in [2.24, 2.45) is 0 Å². The molecule has 0 saturated heterocycles. The summed E-state index contributed by atoms with van der Waals surface area (Å²) in [7, 11) is -1.33. The van der Waals surface area contributed by atoms with E-state index < -0.39 is 51.3 Å². The molecule has 0 aliphatic heterocycles. The zero-order valence-corrected chi connectivity index (χ0v) is 9.78. The van der Waals surface area contributed by atoms with Crippen LogP contribution in [0, 0.1) is 29.1 Å². The van der Waals surface area contributed by atoms with Crippen molar-refractivity contribution < 1.29 is 31.5 Å². The predicted octanol–water partition coefficient (Wildman–Crippen LogP) is 0.802. The van der Waals surface area contributed by atoms with Crippen LogP contribution in [-0.2, 0) is 4.43 Å². The third-order valence-corrected chi connectivity index (χ3v) is 2.77. The second kappa shape index (κ2) is 5.94. The Balaban J connectivity index is 2.92. The molecule has 96 valence electrons. The lowest BCUT2D eigenvalue weighted by molar-refractivity contribution is 0.103. The van der Waals surface area contributed by atoms with E-state index in [1.165, 1.54) is 0 Å². The molecule has 9 heteroatoms. The average Bonchev–Trinajstić information content (AvgIpc) is 2.33. The van der Waals surface area contributed by atoms with Crippen LogP contribution >= 0.6 is 0 Å². The molecule has 0 heterocycles. The van der Waals surface area contributed by atoms with Gasteiger partial charge in [0.05, 0.1) is 0 Å². The Morgan fingerprint density at radius 2 is 1.41 bits per heavy atom. The molecule has 0 aliphatic rings. The quantitative estimate of drug-likeness (QED) is 0.208. The van der Waals surface area contributed by atoms with Crippen LogP contribution < -0.4 is 5.32 Å². The summed E-state index contributed by atoms with van der Waals surface area (Å²) in [5, 5.41) is 10.3. The van der Waals surface area contributed by atoms with Gasteiger partial charge in [0.2, 0.25) is 5.82 Å². The van der Waals surface area contributed by atoms with Crippen molar-refractivity contribution in [2.45, 2.75) is 0 Å². The van der Waals surface area contributed by atoms with Crippen molar-refractivity contribution in [1.82, 2.24) is 0 Å². The Morgan fingerprint density at radius 3 is 1.88 bits per heavy atom. The second-order valence-corrected chi connectivity index (χ2v) is 4.23. The maximum absolute atomic E-state index is 13.1. The van der Waals surface area contributed by atoms with Gasteiger partial charge < -0.3 is 14.8 Å². The SMILES string of the molecule is OCO[SiH2]CNc1c(F)c(F)c(F)c(F)c1F. The minimum absolute atomic E-state index is 0.0844. The number of halogens is 5. The minimum Gasteiger partial charge on any atom is -0.400 e. The van der Waals surface area contributed by atoms with Gasteiger partial charge in [-0.3, -0.25) is 0 Å². The van der Waals surface area contributed by atoms with Crippen LogP contribution in [0.4, 0.5) is 27.6 Å². The zero-order valence-electron chi connectivity index (χ0n) is 8.37. The first-order chi connectivity index (χ1) is 8.00. The van der Waals surface area contributed by atoms with E-state index >= 15 is 0 Å². The zero-order chi connectivity index (χ0) is 13.0. The van der Waals surface area contributed by atoms with Gasteiger partial charge in [-0.15, -0.1) is 0 Å². The van der Waals surface area contributed by atoms with Gasteiger partial charge in [-0.2, -0.15) is 0 Å². The van der Waals surface area contributed by atoms with Gasteiger partial charge in [-0.05, 0) is 0 Å². The molecular weight excluding hydrogens is 265 g/mol. The average molecular weight is 273 g/mol. The maximum Gasteiger partial charge on any atom is 0.200 e. The molecule has 0 aromatic heterocycles. The van der Waals surface area contributed by atoms with Crippen molar-refractivity contribution in [3.8, 4) is 0 Å². The molecule has 17 heavy (non-hydrogen) atoms. The van der Waals surface area contributed by atoms with E-state index in [1.807, 2.05) is 0 Å². The van der Waals surface area contributed by atoms with Gasteiger partial charge >= 0.3 is 0 Å². The van der Waals surface area contributed by atoms with Crippen LogP contribution in [0.15, 0.2) is 0 Å². The number of benzene rings is 1. The molecule has 0 radical (unpaired) electrons. The van der Waals surface area contributed by atoms with Crippen LogP contribution in [0.5, 0.6) is 0 Å². The van der Waals surface area contributed by atoms with Crippen LogP contribution in [-0.4, -0.2) is 27.8 Å². The lowest BCUT2D eigenvalue weighted by atomic mass is 10.2. The van der Waals surface area contributed by atoms with Crippen LogP contribution in [0.1, 0.15) is 0 Å². The normalized spacial score (nSPS) is 11.4. The van der Waals surface area contributed by atoms with Crippen molar-refractivity contribution in [3.63, 3.8) is 0 Å². The number of rotatable bonds is 5. The van der Waals surface area contributed by atoms with Crippen molar-refractivity contribution >= 4 is 15.5 Å². The molecule has 0 amide bonds. The fraction of sp³-hybridized carbons (Fsp3) is 0.250. The largest absolute Gasteiger partial charge is 0.400 e. The van der Waals surface area contributed by atoms with Gasteiger partial charge in [0.15, 0.2) is 33.0 Å². The first-order valence-corrected chi connectivity index (χ1v) is 6.02. The Labute approximate surface area is 95.1 Å². The monoisotopic (exact) mass is 273 g/mol. The smallest absolute Gasteiger partial charge is 0.200 e. The second-order valence-electron chi connectivity index (χ2n) is 2.91. The van der Waals surface area contributed by atoms with Gasteiger partial charge in [-0.25, -0.2) is 22.0 Å². The minimum atomic E-state index is -2.20.